The number of alkyl halides is 3. The molecular weight excluding hydrogens is 401 g/mol. The number of piperidine rings is 2. The molecule has 1 unspecified atom stereocenters. The number of nitrogens with zero attached hydrogens (tertiary/aromatic N) is 1. The smallest absolute Gasteiger partial charge is 0.322 e. The van der Waals surface area contributed by atoms with Gasteiger partial charge in [0.2, 0.25) is 11.8 Å². The third-order valence-electron chi connectivity index (χ3n) is 6.30. The highest BCUT2D eigenvalue weighted by molar-refractivity contribution is 6.05. The number of benzene rings is 1. The quantitative estimate of drug-likeness (QED) is 0.633. The van der Waals surface area contributed by atoms with Crippen LogP contribution in [0.1, 0.15) is 47.2 Å². The van der Waals surface area contributed by atoms with Crippen molar-refractivity contribution in [3.63, 3.8) is 0 Å². The van der Waals surface area contributed by atoms with E-state index >= 15 is 0 Å². The second-order valence-corrected chi connectivity index (χ2v) is 8.03. The van der Waals surface area contributed by atoms with Gasteiger partial charge < -0.3 is 10.2 Å². The average Bonchev–Trinajstić information content (AvgIpc) is 3.03. The van der Waals surface area contributed by atoms with E-state index in [2.05, 4.69) is 16.0 Å². The number of hydrogen-bond donors (Lipinski definition) is 3. The largest absolute Gasteiger partial charge is 0.406 e. The molecule has 1 atom stereocenters. The van der Waals surface area contributed by atoms with Gasteiger partial charge in [0.25, 0.3) is 5.91 Å². The number of rotatable bonds is 4. The summed E-state index contributed by atoms with van der Waals surface area (Å²) in [6.07, 6.45) is -4.13. The summed E-state index contributed by atoms with van der Waals surface area (Å²) in [7, 11) is 0. The first-order valence-corrected chi connectivity index (χ1v) is 10.00. The molecule has 2 fully saturated rings. The van der Waals surface area contributed by atoms with Crippen molar-refractivity contribution < 1.29 is 27.6 Å². The minimum Gasteiger partial charge on any atom is -0.322 e. The maximum absolute atomic E-state index is 13.8. The van der Waals surface area contributed by atoms with E-state index in [1.165, 1.54) is 4.90 Å². The van der Waals surface area contributed by atoms with Gasteiger partial charge in [0, 0.05) is 25.1 Å². The highest BCUT2D eigenvalue weighted by atomic mass is 19.4. The molecule has 0 radical (unpaired) electrons. The summed E-state index contributed by atoms with van der Waals surface area (Å²) in [6.45, 7) is 0.667. The number of imide groups is 1. The van der Waals surface area contributed by atoms with Crippen LogP contribution in [0, 0.1) is 0 Å². The van der Waals surface area contributed by atoms with E-state index in [0.717, 1.165) is 0 Å². The van der Waals surface area contributed by atoms with Gasteiger partial charge in [-0.2, -0.15) is 13.2 Å². The molecule has 0 bridgehead atoms. The number of carbonyl (C=O) groups excluding carboxylic acids is 3. The zero-order valence-corrected chi connectivity index (χ0v) is 16.3. The minimum atomic E-state index is -4.39. The van der Waals surface area contributed by atoms with Crippen molar-refractivity contribution in [2.45, 2.75) is 56.5 Å². The van der Waals surface area contributed by atoms with E-state index in [-0.39, 0.29) is 63.7 Å². The Balaban J connectivity index is 1.54. The first-order valence-electron chi connectivity index (χ1n) is 10.00. The van der Waals surface area contributed by atoms with Gasteiger partial charge in [-0.15, -0.1) is 0 Å². The lowest BCUT2D eigenvalue weighted by Gasteiger charge is -2.40. The summed E-state index contributed by atoms with van der Waals surface area (Å²) in [5.41, 5.74) is -0.332. The molecule has 3 aliphatic heterocycles. The number of hydrogen-bond acceptors (Lipinski definition) is 5. The third kappa shape index (κ3) is 3.58. The molecule has 2 saturated heterocycles. The van der Waals surface area contributed by atoms with Gasteiger partial charge in [0.1, 0.15) is 11.6 Å². The fraction of sp³-hybridized carbons (Fsp3) is 0.550. The first kappa shape index (κ1) is 20.8. The molecule has 0 aliphatic carbocycles. The Bertz CT molecular complexity index is 881. The summed E-state index contributed by atoms with van der Waals surface area (Å²) in [6, 6.07) is 4.22. The SMILES string of the molecule is O=C1CCC(N2Cc3c(CNC4(C(F)(F)F)CCNCC4)cccc3C2=O)C(=O)N1. The molecule has 4 rings (SSSR count). The van der Waals surface area contributed by atoms with Crippen LogP contribution in [0.5, 0.6) is 0 Å². The molecule has 162 valence electrons. The lowest BCUT2D eigenvalue weighted by atomic mass is 9.87. The molecule has 3 heterocycles. The van der Waals surface area contributed by atoms with Crippen LogP contribution < -0.4 is 16.0 Å². The highest BCUT2D eigenvalue weighted by Crippen LogP contribution is 2.38. The predicted octanol–water partition coefficient (Wildman–Crippen LogP) is 1.22. The number of amides is 3. The molecule has 3 amide bonds. The van der Waals surface area contributed by atoms with Crippen LogP contribution >= 0.6 is 0 Å². The molecule has 1 aromatic carbocycles. The molecule has 0 saturated carbocycles. The van der Waals surface area contributed by atoms with Gasteiger partial charge in [0.15, 0.2) is 0 Å². The highest BCUT2D eigenvalue weighted by Gasteiger charge is 2.54. The van der Waals surface area contributed by atoms with Crippen LogP contribution in [0.2, 0.25) is 0 Å². The molecule has 10 heteroatoms. The van der Waals surface area contributed by atoms with Crippen LogP contribution in [0.25, 0.3) is 0 Å². The van der Waals surface area contributed by atoms with Crippen LogP contribution in [0.3, 0.4) is 0 Å². The lowest BCUT2D eigenvalue weighted by molar-refractivity contribution is -0.204. The van der Waals surface area contributed by atoms with Gasteiger partial charge in [-0.25, -0.2) is 0 Å². The van der Waals surface area contributed by atoms with Gasteiger partial charge in [-0.3, -0.25) is 25.0 Å². The second-order valence-electron chi connectivity index (χ2n) is 8.03. The standard InChI is InChI=1S/C20H23F3N4O3/c21-20(22,23)19(6-8-24-9-7-19)25-10-12-2-1-3-13-14(12)11-27(18(13)30)15-4-5-16(28)26-17(15)29/h1-3,15,24-25H,4-11H2,(H,26,28,29). The molecular formula is C20H23F3N4O3. The van der Waals surface area contributed by atoms with Crippen molar-refractivity contribution in [3.8, 4) is 0 Å². The second kappa shape index (κ2) is 7.66. The summed E-state index contributed by atoms with van der Waals surface area (Å²) in [5.74, 6) is -1.23. The molecule has 0 spiro atoms. The van der Waals surface area contributed by atoms with Crippen LogP contribution in [0.4, 0.5) is 13.2 Å². The van der Waals surface area contributed by atoms with E-state index in [1.54, 1.807) is 18.2 Å². The van der Waals surface area contributed by atoms with Crippen molar-refractivity contribution in [1.82, 2.24) is 20.9 Å². The topological polar surface area (TPSA) is 90.5 Å². The predicted molar refractivity (Wildman–Crippen MR) is 100 cm³/mol. The van der Waals surface area contributed by atoms with Crippen LogP contribution in [0.15, 0.2) is 18.2 Å². The Kier molecular flexibility index (Phi) is 5.31. The van der Waals surface area contributed by atoms with E-state index in [9.17, 15) is 27.6 Å². The van der Waals surface area contributed by atoms with E-state index in [1.807, 2.05) is 0 Å². The Morgan fingerprint density at radius 1 is 1.17 bits per heavy atom. The third-order valence-corrected chi connectivity index (χ3v) is 6.30. The molecule has 3 N–H and O–H groups in total. The Hall–Kier alpha value is -2.46. The summed E-state index contributed by atoms with van der Waals surface area (Å²) >= 11 is 0. The first-order chi connectivity index (χ1) is 14.2. The zero-order valence-electron chi connectivity index (χ0n) is 16.3. The van der Waals surface area contributed by atoms with E-state index in [0.29, 0.717) is 16.7 Å². The van der Waals surface area contributed by atoms with Gasteiger partial charge in [-0.1, -0.05) is 12.1 Å². The minimum absolute atomic E-state index is 0.0286. The van der Waals surface area contributed by atoms with Crippen molar-refractivity contribution in [2.75, 3.05) is 13.1 Å². The van der Waals surface area contributed by atoms with Gasteiger partial charge in [-0.05, 0) is 49.5 Å². The summed E-state index contributed by atoms with van der Waals surface area (Å²) < 4.78 is 41.4. The fourth-order valence-corrected chi connectivity index (χ4v) is 4.49. The van der Waals surface area contributed by atoms with Crippen molar-refractivity contribution in [3.05, 3.63) is 34.9 Å². The van der Waals surface area contributed by atoms with Crippen LogP contribution in [-0.2, 0) is 22.7 Å². The Morgan fingerprint density at radius 3 is 2.57 bits per heavy atom. The number of carbonyl (C=O) groups is 3. The van der Waals surface area contributed by atoms with E-state index < -0.39 is 23.7 Å². The monoisotopic (exact) mass is 424 g/mol. The molecule has 7 nitrogen and oxygen atoms in total. The maximum Gasteiger partial charge on any atom is 0.406 e. The van der Waals surface area contributed by atoms with Crippen molar-refractivity contribution >= 4 is 17.7 Å². The van der Waals surface area contributed by atoms with Crippen molar-refractivity contribution in [2.24, 2.45) is 0 Å². The lowest BCUT2D eigenvalue weighted by Crippen LogP contribution is -2.61. The molecule has 1 aromatic rings. The maximum atomic E-state index is 13.8. The van der Waals surface area contributed by atoms with Gasteiger partial charge >= 0.3 is 6.18 Å². The zero-order chi connectivity index (χ0) is 21.5. The molecule has 0 aromatic heterocycles. The number of nitrogens with one attached hydrogen (secondary N) is 3. The number of fused-ring (bicyclic) bond motifs is 1. The van der Waals surface area contributed by atoms with Gasteiger partial charge in [0.05, 0.1) is 0 Å². The van der Waals surface area contributed by atoms with Crippen LogP contribution in [-0.4, -0.2) is 53.5 Å². The summed E-state index contributed by atoms with van der Waals surface area (Å²) in [4.78, 5) is 37.8. The average molecular weight is 424 g/mol. The Morgan fingerprint density at radius 2 is 1.90 bits per heavy atom. The van der Waals surface area contributed by atoms with Crippen molar-refractivity contribution in [1.29, 1.82) is 0 Å². The summed E-state index contributed by atoms with van der Waals surface area (Å²) in [5, 5.41) is 7.92. The normalized spacial score (nSPS) is 24.0. The number of halogens is 3. The van der Waals surface area contributed by atoms with E-state index in [4.69, 9.17) is 0 Å². The fourth-order valence-electron chi connectivity index (χ4n) is 4.49. The molecule has 3 aliphatic rings. The molecule has 30 heavy (non-hydrogen) atoms. The Labute approximate surface area is 171 Å².